The van der Waals surface area contributed by atoms with Gasteiger partial charge in [-0.2, -0.15) is 0 Å². The molecule has 1 nitrogen and oxygen atoms in total. The minimum Gasteiger partial charge on any atom is -0.276 e. The quantitative estimate of drug-likeness (QED) is 0.596. The number of halogens is 1. The Bertz CT molecular complexity index is 549. The minimum atomic E-state index is -0.393. The van der Waals surface area contributed by atoms with Crippen molar-refractivity contribution in [2.75, 3.05) is 0 Å². The molecule has 2 rings (SSSR count). The van der Waals surface area contributed by atoms with E-state index in [1.54, 1.807) is 17.8 Å². The molecule has 0 N–H and O–H groups in total. The third-order valence-corrected chi connectivity index (χ3v) is 3.91. The summed E-state index contributed by atoms with van der Waals surface area (Å²) in [6, 6.07) is 15.8. The van der Waals surface area contributed by atoms with Gasteiger partial charge in [-0.15, -0.1) is 11.8 Å². The van der Waals surface area contributed by atoms with E-state index in [4.69, 9.17) is 11.6 Å². The van der Waals surface area contributed by atoms with Gasteiger partial charge >= 0.3 is 0 Å². The molecule has 0 saturated heterocycles. The van der Waals surface area contributed by atoms with Crippen LogP contribution in [-0.4, -0.2) is 5.24 Å². The number of carbonyl (C=O) groups excluding carboxylic acids is 1. The van der Waals surface area contributed by atoms with Gasteiger partial charge in [-0.05, 0) is 42.3 Å². The minimum absolute atomic E-state index is 0.393. The Labute approximate surface area is 116 Å². The van der Waals surface area contributed by atoms with Crippen molar-refractivity contribution in [2.45, 2.75) is 17.6 Å². The molecule has 0 amide bonds. The predicted molar refractivity (Wildman–Crippen MR) is 77.4 cm³/mol. The van der Waals surface area contributed by atoms with Gasteiger partial charge in [0.2, 0.25) is 0 Å². The first-order valence-electron chi connectivity index (χ1n) is 5.64. The lowest BCUT2D eigenvalue weighted by Crippen LogP contribution is -1.95. The topological polar surface area (TPSA) is 17.1 Å². The van der Waals surface area contributed by atoms with Crippen LogP contribution in [0.3, 0.4) is 0 Å². The zero-order valence-corrected chi connectivity index (χ0v) is 11.6. The average Bonchev–Trinajstić information content (AvgIpc) is 2.38. The van der Waals surface area contributed by atoms with Gasteiger partial charge in [0.25, 0.3) is 5.24 Å². The molecule has 0 atom stereocenters. The number of aryl methyl sites for hydroxylation is 1. The van der Waals surface area contributed by atoms with Crippen molar-refractivity contribution in [2.24, 2.45) is 0 Å². The lowest BCUT2D eigenvalue weighted by molar-refractivity contribution is 0.108. The van der Waals surface area contributed by atoms with E-state index in [-0.39, 0.29) is 0 Å². The van der Waals surface area contributed by atoms with E-state index in [2.05, 4.69) is 31.2 Å². The predicted octanol–water partition coefficient (Wildman–Crippen LogP) is 4.67. The largest absolute Gasteiger partial charge is 0.276 e. The number of carbonyl (C=O) groups is 1. The summed E-state index contributed by atoms with van der Waals surface area (Å²) in [6.45, 7) is 2.07. The van der Waals surface area contributed by atoms with Gasteiger partial charge in [-0.25, -0.2) is 0 Å². The zero-order valence-electron chi connectivity index (χ0n) is 10.0. The van der Waals surface area contributed by atoms with Crippen molar-refractivity contribution < 1.29 is 4.79 Å². The van der Waals surface area contributed by atoms with Gasteiger partial charge in [0.1, 0.15) is 0 Å². The molecule has 0 aromatic heterocycles. The van der Waals surface area contributed by atoms with Crippen LogP contribution in [0, 0.1) is 6.92 Å². The normalized spacial score (nSPS) is 10.3. The Kier molecular flexibility index (Phi) is 4.45. The molecule has 0 radical (unpaired) electrons. The summed E-state index contributed by atoms with van der Waals surface area (Å²) in [5.41, 5.74) is 2.82. The summed E-state index contributed by atoms with van der Waals surface area (Å²) in [5, 5.41) is -0.393. The Balaban J connectivity index is 2.10. The number of hydrogen-bond donors (Lipinski definition) is 0. The molecule has 0 aliphatic rings. The lowest BCUT2D eigenvalue weighted by atomic mass is 10.1. The fourth-order valence-corrected chi connectivity index (χ4v) is 2.72. The van der Waals surface area contributed by atoms with Crippen LogP contribution in [0.1, 0.15) is 21.5 Å². The molecule has 0 heterocycles. The van der Waals surface area contributed by atoms with E-state index in [0.29, 0.717) is 5.56 Å². The molecule has 0 saturated carbocycles. The fraction of sp³-hybridized carbons (Fsp3) is 0.133. The maximum Gasteiger partial charge on any atom is 0.252 e. The highest BCUT2D eigenvalue weighted by atomic mass is 35.5. The van der Waals surface area contributed by atoms with Gasteiger partial charge in [0, 0.05) is 16.2 Å². The van der Waals surface area contributed by atoms with Crippen molar-refractivity contribution in [1.82, 2.24) is 0 Å². The highest BCUT2D eigenvalue weighted by Crippen LogP contribution is 2.25. The van der Waals surface area contributed by atoms with Crippen LogP contribution in [-0.2, 0) is 5.75 Å². The van der Waals surface area contributed by atoms with Crippen molar-refractivity contribution in [1.29, 1.82) is 0 Å². The van der Waals surface area contributed by atoms with E-state index in [9.17, 15) is 4.79 Å². The van der Waals surface area contributed by atoms with E-state index in [1.165, 1.54) is 10.5 Å². The van der Waals surface area contributed by atoms with Gasteiger partial charge < -0.3 is 0 Å². The van der Waals surface area contributed by atoms with Gasteiger partial charge in [0.15, 0.2) is 0 Å². The Morgan fingerprint density at radius 1 is 1.11 bits per heavy atom. The lowest BCUT2D eigenvalue weighted by Gasteiger charge is -2.06. The van der Waals surface area contributed by atoms with Gasteiger partial charge in [-0.1, -0.05) is 35.9 Å². The van der Waals surface area contributed by atoms with Crippen LogP contribution in [0.5, 0.6) is 0 Å². The summed E-state index contributed by atoms with van der Waals surface area (Å²) in [6.07, 6.45) is 0. The summed E-state index contributed by atoms with van der Waals surface area (Å²) in [5.74, 6) is 0.748. The van der Waals surface area contributed by atoms with E-state index < -0.39 is 5.24 Å². The zero-order chi connectivity index (χ0) is 13.0. The molecule has 3 heteroatoms. The second kappa shape index (κ2) is 6.07. The number of rotatable bonds is 4. The first-order chi connectivity index (χ1) is 8.66. The van der Waals surface area contributed by atoms with Crippen LogP contribution in [0.2, 0.25) is 0 Å². The third kappa shape index (κ3) is 3.37. The Morgan fingerprint density at radius 3 is 2.44 bits per heavy atom. The molecular weight excluding hydrogens is 264 g/mol. The second-order valence-corrected chi connectivity index (χ2v) is 5.42. The van der Waals surface area contributed by atoms with Crippen molar-refractivity contribution >= 4 is 28.6 Å². The molecular formula is C15H13ClOS. The Morgan fingerprint density at radius 2 is 1.78 bits per heavy atom. The van der Waals surface area contributed by atoms with Gasteiger partial charge in [-0.3, -0.25) is 4.79 Å². The van der Waals surface area contributed by atoms with Crippen LogP contribution in [0.25, 0.3) is 0 Å². The van der Waals surface area contributed by atoms with Crippen LogP contribution in [0.4, 0.5) is 0 Å². The fourth-order valence-electron chi connectivity index (χ4n) is 1.63. The molecule has 18 heavy (non-hydrogen) atoms. The highest BCUT2D eigenvalue weighted by molar-refractivity contribution is 7.98. The smallest absolute Gasteiger partial charge is 0.252 e. The second-order valence-electron chi connectivity index (χ2n) is 4.03. The van der Waals surface area contributed by atoms with E-state index in [0.717, 1.165) is 11.3 Å². The third-order valence-electron chi connectivity index (χ3n) is 2.64. The SMILES string of the molecule is Cc1ccc(SCc2ccccc2C(=O)Cl)cc1. The molecule has 0 unspecified atom stereocenters. The maximum atomic E-state index is 11.3. The first-order valence-corrected chi connectivity index (χ1v) is 7.00. The summed E-state index contributed by atoms with van der Waals surface area (Å²) in [4.78, 5) is 12.5. The van der Waals surface area contributed by atoms with Crippen molar-refractivity contribution in [3.63, 3.8) is 0 Å². The summed E-state index contributed by atoms with van der Waals surface area (Å²) >= 11 is 7.27. The molecule has 0 aliphatic carbocycles. The van der Waals surface area contributed by atoms with Gasteiger partial charge in [0.05, 0.1) is 0 Å². The first kappa shape index (κ1) is 13.2. The molecule has 2 aromatic rings. The van der Waals surface area contributed by atoms with Crippen LogP contribution >= 0.6 is 23.4 Å². The highest BCUT2D eigenvalue weighted by Gasteiger charge is 2.08. The molecule has 0 spiro atoms. The molecule has 0 bridgehead atoms. The standard InChI is InChI=1S/C15H13ClOS/c1-11-6-8-13(9-7-11)18-10-12-4-2-3-5-14(12)15(16)17/h2-9H,10H2,1H3. The molecule has 0 fully saturated rings. The van der Waals surface area contributed by atoms with Crippen molar-refractivity contribution in [3.05, 3.63) is 65.2 Å². The monoisotopic (exact) mass is 276 g/mol. The van der Waals surface area contributed by atoms with Crippen molar-refractivity contribution in [3.8, 4) is 0 Å². The summed E-state index contributed by atoms with van der Waals surface area (Å²) in [7, 11) is 0. The Hall–Kier alpha value is -1.25. The number of thioether (sulfide) groups is 1. The number of benzene rings is 2. The summed E-state index contributed by atoms with van der Waals surface area (Å²) < 4.78 is 0. The number of hydrogen-bond acceptors (Lipinski definition) is 2. The van der Waals surface area contributed by atoms with Crippen LogP contribution in [0.15, 0.2) is 53.4 Å². The van der Waals surface area contributed by atoms with Crippen LogP contribution < -0.4 is 0 Å². The molecule has 92 valence electrons. The molecule has 0 aliphatic heterocycles. The average molecular weight is 277 g/mol. The van der Waals surface area contributed by atoms with E-state index in [1.807, 2.05) is 18.2 Å². The maximum absolute atomic E-state index is 11.3. The molecule has 2 aromatic carbocycles. The van der Waals surface area contributed by atoms with E-state index >= 15 is 0 Å².